The smallest absolute Gasteiger partial charge is 0.161 e. The zero-order chi connectivity index (χ0) is 13.2. The molecular formula is C15H21NO3. The number of benzene rings is 1. The molecule has 0 spiro atoms. The van der Waals surface area contributed by atoms with Gasteiger partial charge in [0.25, 0.3) is 0 Å². The molecule has 2 heterocycles. The molecule has 1 aromatic carbocycles. The van der Waals surface area contributed by atoms with Gasteiger partial charge in [0.2, 0.25) is 0 Å². The highest BCUT2D eigenvalue weighted by atomic mass is 16.6. The predicted octanol–water partition coefficient (Wildman–Crippen LogP) is 2.14. The van der Waals surface area contributed by atoms with Gasteiger partial charge in [-0.05, 0) is 23.6 Å². The van der Waals surface area contributed by atoms with Crippen LogP contribution >= 0.6 is 0 Å². The molecule has 2 aliphatic rings. The normalized spacial score (nSPS) is 26.5. The van der Waals surface area contributed by atoms with E-state index in [0.717, 1.165) is 30.2 Å². The maximum absolute atomic E-state index is 6.17. The quantitative estimate of drug-likeness (QED) is 0.887. The lowest BCUT2D eigenvalue weighted by Crippen LogP contribution is -2.43. The van der Waals surface area contributed by atoms with Crippen molar-refractivity contribution in [3.63, 3.8) is 0 Å². The monoisotopic (exact) mass is 263 g/mol. The number of fused-ring (bicyclic) bond motifs is 1. The van der Waals surface area contributed by atoms with Crippen LogP contribution in [0.4, 0.5) is 0 Å². The first-order chi connectivity index (χ1) is 9.24. The van der Waals surface area contributed by atoms with Gasteiger partial charge in [0.05, 0.1) is 12.2 Å². The van der Waals surface area contributed by atoms with Crippen LogP contribution in [0.25, 0.3) is 0 Å². The maximum Gasteiger partial charge on any atom is 0.161 e. The molecule has 0 aliphatic carbocycles. The van der Waals surface area contributed by atoms with Crippen molar-refractivity contribution in [2.45, 2.75) is 26.1 Å². The van der Waals surface area contributed by atoms with E-state index in [-0.39, 0.29) is 12.2 Å². The van der Waals surface area contributed by atoms with Crippen LogP contribution in [0.15, 0.2) is 18.2 Å². The molecule has 2 unspecified atom stereocenters. The lowest BCUT2D eigenvalue weighted by molar-refractivity contribution is -0.0604. The minimum absolute atomic E-state index is 0.0944. The van der Waals surface area contributed by atoms with Crippen molar-refractivity contribution in [3.8, 4) is 11.5 Å². The van der Waals surface area contributed by atoms with Crippen LogP contribution in [0, 0.1) is 5.92 Å². The van der Waals surface area contributed by atoms with Crippen LogP contribution in [0.2, 0.25) is 0 Å². The Morgan fingerprint density at radius 1 is 1.11 bits per heavy atom. The maximum atomic E-state index is 6.17. The second-order valence-corrected chi connectivity index (χ2v) is 5.47. The fraction of sp³-hybridized carbons (Fsp3) is 0.600. The Hall–Kier alpha value is -1.26. The third-order valence-electron chi connectivity index (χ3n) is 3.70. The largest absolute Gasteiger partial charge is 0.486 e. The molecule has 4 heteroatoms. The first-order valence-corrected chi connectivity index (χ1v) is 7.00. The summed E-state index contributed by atoms with van der Waals surface area (Å²) in [5.41, 5.74) is 1.15. The molecule has 2 atom stereocenters. The Morgan fingerprint density at radius 2 is 1.89 bits per heavy atom. The van der Waals surface area contributed by atoms with Gasteiger partial charge in [-0.1, -0.05) is 19.9 Å². The average Bonchev–Trinajstić information content (AvgIpc) is 2.47. The number of ether oxygens (including phenoxy) is 3. The van der Waals surface area contributed by atoms with Gasteiger partial charge in [-0.3, -0.25) is 0 Å². The van der Waals surface area contributed by atoms with E-state index >= 15 is 0 Å². The summed E-state index contributed by atoms with van der Waals surface area (Å²) in [4.78, 5) is 0. The first kappa shape index (κ1) is 12.8. The van der Waals surface area contributed by atoms with E-state index < -0.39 is 0 Å². The third-order valence-corrected chi connectivity index (χ3v) is 3.70. The number of hydrogen-bond acceptors (Lipinski definition) is 4. The summed E-state index contributed by atoms with van der Waals surface area (Å²) in [6, 6.07) is 6.10. The summed E-state index contributed by atoms with van der Waals surface area (Å²) in [6.07, 6.45) is 0.365. The molecule has 19 heavy (non-hydrogen) atoms. The van der Waals surface area contributed by atoms with Crippen molar-refractivity contribution in [1.29, 1.82) is 0 Å². The van der Waals surface area contributed by atoms with Crippen molar-refractivity contribution >= 4 is 0 Å². The van der Waals surface area contributed by atoms with Crippen molar-refractivity contribution < 1.29 is 14.2 Å². The first-order valence-electron chi connectivity index (χ1n) is 7.00. The highest BCUT2D eigenvalue weighted by Crippen LogP contribution is 2.34. The van der Waals surface area contributed by atoms with E-state index in [1.807, 2.05) is 12.1 Å². The predicted molar refractivity (Wildman–Crippen MR) is 72.8 cm³/mol. The van der Waals surface area contributed by atoms with Gasteiger partial charge in [0, 0.05) is 13.1 Å². The van der Waals surface area contributed by atoms with Gasteiger partial charge in [-0.25, -0.2) is 0 Å². The van der Waals surface area contributed by atoms with Crippen LogP contribution in [0.1, 0.15) is 25.5 Å². The van der Waals surface area contributed by atoms with Crippen LogP contribution in [0.3, 0.4) is 0 Å². The van der Waals surface area contributed by atoms with Gasteiger partial charge >= 0.3 is 0 Å². The zero-order valence-electron chi connectivity index (χ0n) is 11.5. The summed E-state index contributed by atoms with van der Waals surface area (Å²) in [6.45, 7) is 7.41. The molecule has 4 nitrogen and oxygen atoms in total. The van der Waals surface area contributed by atoms with E-state index in [1.165, 1.54) is 0 Å². The molecule has 3 rings (SSSR count). The topological polar surface area (TPSA) is 39.7 Å². The van der Waals surface area contributed by atoms with Gasteiger partial charge in [0.1, 0.15) is 13.2 Å². The Kier molecular flexibility index (Phi) is 3.62. The summed E-state index contributed by atoms with van der Waals surface area (Å²) < 4.78 is 17.3. The zero-order valence-corrected chi connectivity index (χ0v) is 11.5. The van der Waals surface area contributed by atoms with Gasteiger partial charge < -0.3 is 19.5 Å². The number of hydrogen-bond donors (Lipinski definition) is 1. The van der Waals surface area contributed by atoms with Crippen LogP contribution < -0.4 is 14.8 Å². The minimum Gasteiger partial charge on any atom is -0.486 e. The lowest BCUT2D eigenvalue weighted by Gasteiger charge is -2.33. The molecule has 0 saturated carbocycles. The van der Waals surface area contributed by atoms with E-state index in [1.54, 1.807) is 0 Å². The average molecular weight is 263 g/mol. The molecule has 104 valence electrons. The minimum atomic E-state index is 0.0944. The summed E-state index contributed by atoms with van der Waals surface area (Å²) in [7, 11) is 0. The molecule has 0 radical (unpaired) electrons. The van der Waals surface area contributed by atoms with Crippen molar-refractivity contribution in [2.24, 2.45) is 5.92 Å². The molecule has 1 N–H and O–H groups in total. The number of rotatable bonds is 2. The summed E-state index contributed by atoms with van der Waals surface area (Å²) >= 11 is 0. The van der Waals surface area contributed by atoms with Crippen LogP contribution in [0.5, 0.6) is 11.5 Å². The van der Waals surface area contributed by atoms with E-state index in [9.17, 15) is 0 Å². The molecule has 1 saturated heterocycles. The van der Waals surface area contributed by atoms with Gasteiger partial charge in [-0.2, -0.15) is 0 Å². The van der Waals surface area contributed by atoms with Crippen molar-refractivity contribution in [3.05, 3.63) is 23.8 Å². The lowest BCUT2D eigenvalue weighted by atomic mass is 10.0. The second kappa shape index (κ2) is 5.39. The molecule has 0 bridgehead atoms. The van der Waals surface area contributed by atoms with Crippen molar-refractivity contribution in [1.82, 2.24) is 5.32 Å². The highest BCUT2D eigenvalue weighted by molar-refractivity contribution is 5.44. The molecule has 1 fully saturated rings. The Morgan fingerprint density at radius 3 is 2.68 bits per heavy atom. The molecule has 0 aromatic heterocycles. The van der Waals surface area contributed by atoms with Gasteiger partial charge in [-0.15, -0.1) is 0 Å². The molecule has 2 aliphatic heterocycles. The highest BCUT2D eigenvalue weighted by Gasteiger charge is 2.26. The molecule has 1 aromatic rings. The Labute approximate surface area is 114 Å². The van der Waals surface area contributed by atoms with Gasteiger partial charge in [0.15, 0.2) is 11.5 Å². The fourth-order valence-electron chi connectivity index (χ4n) is 2.51. The Balaban J connectivity index is 1.78. The van der Waals surface area contributed by atoms with Crippen LogP contribution in [-0.2, 0) is 4.74 Å². The third kappa shape index (κ3) is 2.69. The molecular weight excluding hydrogens is 242 g/mol. The summed E-state index contributed by atoms with van der Waals surface area (Å²) in [5, 5.41) is 3.45. The van der Waals surface area contributed by atoms with Crippen LogP contribution in [-0.4, -0.2) is 32.4 Å². The SMILES string of the molecule is CC(C)C1CNCC(c2ccc3c(c2)OCCO3)O1. The number of morpholine rings is 1. The standard InChI is InChI=1S/C15H21NO3/c1-10(2)14-8-16-9-15(19-14)11-3-4-12-13(7-11)18-6-5-17-12/h3-4,7,10,14-16H,5-6,8-9H2,1-2H3. The van der Waals surface area contributed by atoms with E-state index in [4.69, 9.17) is 14.2 Å². The fourth-order valence-corrected chi connectivity index (χ4v) is 2.51. The Bertz CT molecular complexity index is 447. The number of nitrogens with one attached hydrogen (secondary N) is 1. The summed E-state index contributed by atoms with van der Waals surface area (Å²) in [5.74, 6) is 2.19. The van der Waals surface area contributed by atoms with Crippen molar-refractivity contribution in [2.75, 3.05) is 26.3 Å². The van der Waals surface area contributed by atoms with E-state index in [0.29, 0.717) is 19.1 Å². The second-order valence-electron chi connectivity index (χ2n) is 5.47. The molecule has 0 amide bonds. The van der Waals surface area contributed by atoms with E-state index in [2.05, 4.69) is 25.2 Å².